The average molecular weight is 290 g/mol. The molecule has 0 bridgehead atoms. The molecule has 0 fully saturated rings. The first-order valence-corrected chi connectivity index (χ1v) is 7.08. The lowest BCUT2D eigenvalue weighted by atomic mass is 10.1. The van der Waals surface area contributed by atoms with E-state index in [1.54, 1.807) is 12.4 Å². The molecule has 0 atom stereocenters. The second-order valence-corrected chi connectivity index (χ2v) is 5.09. The molecular weight excluding hydrogens is 276 g/mol. The van der Waals surface area contributed by atoms with Crippen LogP contribution in [0, 0.1) is 0 Å². The first kappa shape index (κ1) is 12.7. The standard InChI is InChI=1S/C16H14N6/c17-15-14(16-21-11-3-1-2-4-12(11)22-16)20-13(9-19-15)10-5-7-18-8-6-10/h1-5,7,9H,6,8H2,(H2,17,19)(H,21,22). The molecule has 2 aromatic heterocycles. The maximum atomic E-state index is 5.99. The summed E-state index contributed by atoms with van der Waals surface area (Å²) in [7, 11) is 0. The maximum Gasteiger partial charge on any atom is 0.161 e. The van der Waals surface area contributed by atoms with E-state index in [1.807, 2.05) is 30.3 Å². The molecule has 0 saturated heterocycles. The first-order valence-electron chi connectivity index (χ1n) is 7.08. The summed E-state index contributed by atoms with van der Waals surface area (Å²) < 4.78 is 0. The van der Waals surface area contributed by atoms with E-state index in [-0.39, 0.29) is 0 Å². The van der Waals surface area contributed by atoms with Crippen LogP contribution in [0.25, 0.3) is 28.1 Å². The number of nitrogens with one attached hydrogen (secondary N) is 1. The Kier molecular flexibility index (Phi) is 2.93. The van der Waals surface area contributed by atoms with Gasteiger partial charge in [0.1, 0.15) is 5.69 Å². The zero-order chi connectivity index (χ0) is 14.9. The molecule has 6 heteroatoms. The summed E-state index contributed by atoms with van der Waals surface area (Å²) in [5.74, 6) is 1.01. The van der Waals surface area contributed by atoms with Crippen LogP contribution < -0.4 is 5.73 Å². The molecule has 22 heavy (non-hydrogen) atoms. The SMILES string of the molecule is Nc1ncc(C2=CC=NCC2)nc1-c1nc2ccccc2[nH]1. The van der Waals surface area contributed by atoms with Crippen molar-refractivity contribution < 1.29 is 0 Å². The average Bonchev–Trinajstić information content (AvgIpc) is 3.00. The number of nitrogen functional groups attached to an aromatic ring is 1. The smallest absolute Gasteiger partial charge is 0.161 e. The summed E-state index contributed by atoms with van der Waals surface area (Å²) in [6, 6.07) is 7.83. The number of imidazole rings is 1. The Balaban J connectivity index is 1.83. The van der Waals surface area contributed by atoms with Crippen molar-refractivity contribution >= 4 is 28.6 Å². The van der Waals surface area contributed by atoms with Crippen LogP contribution in [0.5, 0.6) is 0 Å². The summed E-state index contributed by atoms with van der Waals surface area (Å²) in [6.07, 6.45) is 6.32. The van der Waals surface area contributed by atoms with Crippen molar-refractivity contribution in [3.8, 4) is 11.5 Å². The van der Waals surface area contributed by atoms with E-state index in [0.29, 0.717) is 17.3 Å². The highest BCUT2D eigenvalue weighted by atomic mass is 15.0. The molecule has 6 nitrogen and oxygen atoms in total. The van der Waals surface area contributed by atoms with Crippen molar-refractivity contribution in [3.05, 3.63) is 42.2 Å². The monoisotopic (exact) mass is 290 g/mol. The number of aromatic nitrogens is 4. The van der Waals surface area contributed by atoms with E-state index >= 15 is 0 Å². The van der Waals surface area contributed by atoms with Crippen LogP contribution in [0.2, 0.25) is 0 Å². The number of fused-ring (bicyclic) bond motifs is 1. The molecule has 0 unspecified atom stereocenters. The van der Waals surface area contributed by atoms with Crippen LogP contribution in [0.4, 0.5) is 5.82 Å². The van der Waals surface area contributed by atoms with E-state index in [1.165, 1.54) is 0 Å². The van der Waals surface area contributed by atoms with E-state index < -0.39 is 0 Å². The Bertz CT molecular complexity index is 873. The molecule has 0 radical (unpaired) electrons. The fraction of sp³-hybridized carbons (Fsp3) is 0.125. The van der Waals surface area contributed by atoms with Crippen molar-refractivity contribution in [3.63, 3.8) is 0 Å². The van der Waals surface area contributed by atoms with Gasteiger partial charge < -0.3 is 10.7 Å². The normalized spacial score (nSPS) is 14.3. The van der Waals surface area contributed by atoms with Gasteiger partial charge in [0.05, 0.1) is 22.9 Å². The van der Waals surface area contributed by atoms with Crippen molar-refractivity contribution in [2.45, 2.75) is 6.42 Å². The Hall–Kier alpha value is -3.02. The Morgan fingerprint density at radius 1 is 1.14 bits per heavy atom. The lowest BCUT2D eigenvalue weighted by Gasteiger charge is -2.09. The van der Waals surface area contributed by atoms with E-state index in [9.17, 15) is 0 Å². The molecule has 0 amide bonds. The van der Waals surface area contributed by atoms with Gasteiger partial charge in [-0.3, -0.25) is 4.99 Å². The fourth-order valence-corrected chi connectivity index (χ4v) is 2.49. The molecule has 3 heterocycles. The molecule has 3 aromatic rings. The molecule has 108 valence electrons. The zero-order valence-electron chi connectivity index (χ0n) is 11.8. The largest absolute Gasteiger partial charge is 0.382 e. The third-order valence-corrected chi connectivity index (χ3v) is 3.63. The molecule has 4 rings (SSSR count). The fourth-order valence-electron chi connectivity index (χ4n) is 2.49. The first-order chi connectivity index (χ1) is 10.8. The molecule has 0 spiro atoms. The van der Waals surface area contributed by atoms with Crippen molar-refractivity contribution in [2.75, 3.05) is 12.3 Å². The lowest BCUT2D eigenvalue weighted by molar-refractivity contribution is 1.00. The van der Waals surface area contributed by atoms with E-state index in [2.05, 4.69) is 24.9 Å². The van der Waals surface area contributed by atoms with Gasteiger partial charge in [-0.1, -0.05) is 12.1 Å². The van der Waals surface area contributed by atoms with Crippen molar-refractivity contribution in [2.24, 2.45) is 4.99 Å². The Morgan fingerprint density at radius 2 is 2.05 bits per heavy atom. The molecule has 1 aliphatic heterocycles. The van der Waals surface area contributed by atoms with Crippen LogP contribution in [0.1, 0.15) is 12.1 Å². The maximum absolute atomic E-state index is 5.99. The number of nitrogens with zero attached hydrogens (tertiary/aromatic N) is 4. The minimum absolute atomic E-state index is 0.368. The number of hydrogen-bond donors (Lipinski definition) is 2. The summed E-state index contributed by atoms with van der Waals surface area (Å²) in [4.78, 5) is 20.9. The Labute approximate surface area is 126 Å². The third-order valence-electron chi connectivity index (χ3n) is 3.63. The topological polar surface area (TPSA) is 92.8 Å². The number of H-pyrrole nitrogens is 1. The Morgan fingerprint density at radius 3 is 2.86 bits per heavy atom. The number of anilines is 1. The second kappa shape index (κ2) is 5.07. The minimum atomic E-state index is 0.368. The number of para-hydroxylation sites is 2. The number of benzene rings is 1. The predicted molar refractivity (Wildman–Crippen MR) is 87.5 cm³/mol. The highest BCUT2D eigenvalue weighted by Gasteiger charge is 2.14. The van der Waals surface area contributed by atoms with E-state index in [4.69, 9.17) is 5.73 Å². The third kappa shape index (κ3) is 2.14. The van der Waals surface area contributed by atoms with Gasteiger partial charge in [0.25, 0.3) is 0 Å². The lowest BCUT2D eigenvalue weighted by Crippen LogP contribution is -2.03. The number of aliphatic imine (C=N–C) groups is 1. The molecule has 0 aliphatic carbocycles. The summed E-state index contributed by atoms with van der Waals surface area (Å²) in [5.41, 5.74) is 10.3. The van der Waals surface area contributed by atoms with Gasteiger partial charge in [0.2, 0.25) is 0 Å². The van der Waals surface area contributed by atoms with E-state index in [0.717, 1.165) is 35.3 Å². The number of hydrogen-bond acceptors (Lipinski definition) is 5. The van der Waals surface area contributed by atoms with Gasteiger partial charge in [-0.2, -0.15) is 0 Å². The summed E-state index contributed by atoms with van der Waals surface area (Å²) in [6.45, 7) is 0.776. The predicted octanol–water partition coefficient (Wildman–Crippen LogP) is 2.46. The van der Waals surface area contributed by atoms with Gasteiger partial charge in [-0.05, 0) is 30.2 Å². The van der Waals surface area contributed by atoms with Gasteiger partial charge in [-0.25, -0.2) is 15.0 Å². The number of dihydropyridines is 1. The van der Waals surface area contributed by atoms with Crippen molar-refractivity contribution in [1.29, 1.82) is 0 Å². The molecular formula is C16H14N6. The quantitative estimate of drug-likeness (QED) is 0.758. The molecule has 0 saturated carbocycles. The minimum Gasteiger partial charge on any atom is -0.382 e. The number of rotatable bonds is 2. The summed E-state index contributed by atoms with van der Waals surface area (Å²) in [5, 5.41) is 0. The number of aromatic amines is 1. The van der Waals surface area contributed by atoms with Crippen molar-refractivity contribution in [1.82, 2.24) is 19.9 Å². The van der Waals surface area contributed by atoms with Gasteiger partial charge in [-0.15, -0.1) is 0 Å². The van der Waals surface area contributed by atoms with Crippen LogP contribution in [-0.2, 0) is 0 Å². The van der Waals surface area contributed by atoms with Crippen LogP contribution in [-0.4, -0.2) is 32.7 Å². The van der Waals surface area contributed by atoms with Crippen LogP contribution >= 0.6 is 0 Å². The van der Waals surface area contributed by atoms with Gasteiger partial charge >= 0.3 is 0 Å². The summed E-state index contributed by atoms with van der Waals surface area (Å²) >= 11 is 0. The molecule has 1 aliphatic rings. The highest BCUT2D eigenvalue weighted by molar-refractivity contribution is 5.86. The number of nitrogens with two attached hydrogens (primary N) is 1. The van der Waals surface area contributed by atoms with Gasteiger partial charge in [0.15, 0.2) is 11.6 Å². The highest BCUT2D eigenvalue weighted by Crippen LogP contribution is 2.25. The second-order valence-electron chi connectivity index (χ2n) is 5.09. The van der Waals surface area contributed by atoms with Crippen LogP contribution in [0.15, 0.2) is 41.5 Å². The zero-order valence-corrected chi connectivity index (χ0v) is 11.8. The molecule has 1 aromatic carbocycles. The number of allylic oxidation sites excluding steroid dienone is 1. The van der Waals surface area contributed by atoms with Crippen LogP contribution in [0.3, 0.4) is 0 Å². The van der Waals surface area contributed by atoms with Gasteiger partial charge in [0, 0.05) is 12.8 Å². The molecule has 3 N–H and O–H groups in total.